The number of benzene rings is 2. The van der Waals surface area contributed by atoms with E-state index in [4.69, 9.17) is 9.47 Å². The molecule has 0 aliphatic heterocycles. The van der Waals surface area contributed by atoms with Gasteiger partial charge in [0, 0.05) is 5.56 Å². The SMILES string of the molecule is CC=Cc1ccc(OCc2ccccc2F)c(OC)c1. The van der Waals surface area contributed by atoms with Gasteiger partial charge in [-0.3, -0.25) is 0 Å². The van der Waals surface area contributed by atoms with Gasteiger partial charge in [0.2, 0.25) is 0 Å². The minimum absolute atomic E-state index is 0.173. The fraction of sp³-hybridized carbons (Fsp3) is 0.176. The van der Waals surface area contributed by atoms with Crippen LogP contribution in [0.15, 0.2) is 48.5 Å². The van der Waals surface area contributed by atoms with Crippen LogP contribution in [0.1, 0.15) is 18.1 Å². The monoisotopic (exact) mass is 272 g/mol. The standard InChI is InChI=1S/C17H17FO2/c1-3-6-13-9-10-16(17(11-13)19-2)20-12-14-7-4-5-8-15(14)18/h3-11H,12H2,1-2H3. The van der Waals surface area contributed by atoms with Crippen LogP contribution in [0.3, 0.4) is 0 Å². The zero-order valence-corrected chi connectivity index (χ0v) is 11.6. The van der Waals surface area contributed by atoms with E-state index in [-0.39, 0.29) is 12.4 Å². The smallest absolute Gasteiger partial charge is 0.161 e. The Kier molecular flexibility index (Phi) is 4.77. The van der Waals surface area contributed by atoms with Crippen LogP contribution in [-0.4, -0.2) is 7.11 Å². The summed E-state index contributed by atoms with van der Waals surface area (Å²) in [5, 5.41) is 0. The largest absolute Gasteiger partial charge is 0.493 e. The maximum absolute atomic E-state index is 13.5. The van der Waals surface area contributed by atoms with Crippen molar-refractivity contribution in [3.05, 3.63) is 65.5 Å². The summed E-state index contributed by atoms with van der Waals surface area (Å²) in [6.07, 6.45) is 3.93. The molecular formula is C17H17FO2. The van der Waals surface area contributed by atoms with Gasteiger partial charge in [-0.1, -0.05) is 36.4 Å². The number of rotatable bonds is 5. The molecule has 0 aliphatic carbocycles. The highest BCUT2D eigenvalue weighted by atomic mass is 19.1. The van der Waals surface area contributed by atoms with Gasteiger partial charge in [-0.05, 0) is 30.7 Å². The molecular weight excluding hydrogens is 255 g/mol. The van der Waals surface area contributed by atoms with Gasteiger partial charge in [0.25, 0.3) is 0 Å². The molecule has 0 aliphatic rings. The minimum Gasteiger partial charge on any atom is -0.493 e. The highest BCUT2D eigenvalue weighted by Gasteiger charge is 2.07. The number of hydrogen-bond donors (Lipinski definition) is 0. The van der Waals surface area contributed by atoms with Crippen molar-refractivity contribution < 1.29 is 13.9 Å². The van der Waals surface area contributed by atoms with E-state index >= 15 is 0 Å². The fourth-order valence-corrected chi connectivity index (χ4v) is 1.87. The summed E-state index contributed by atoms with van der Waals surface area (Å²) in [7, 11) is 1.59. The third-order valence-corrected chi connectivity index (χ3v) is 2.89. The van der Waals surface area contributed by atoms with Crippen molar-refractivity contribution in [3.63, 3.8) is 0 Å². The van der Waals surface area contributed by atoms with Crippen molar-refractivity contribution in [3.8, 4) is 11.5 Å². The van der Waals surface area contributed by atoms with E-state index < -0.39 is 0 Å². The van der Waals surface area contributed by atoms with E-state index in [1.807, 2.05) is 37.3 Å². The number of allylic oxidation sites excluding steroid dienone is 1. The van der Waals surface area contributed by atoms with E-state index in [1.165, 1.54) is 6.07 Å². The van der Waals surface area contributed by atoms with Gasteiger partial charge in [-0.2, -0.15) is 0 Å². The van der Waals surface area contributed by atoms with Crippen LogP contribution in [0.25, 0.3) is 6.08 Å². The molecule has 0 aromatic heterocycles. The lowest BCUT2D eigenvalue weighted by Crippen LogP contribution is -2.00. The van der Waals surface area contributed by atoms with Crippen molar-refractivity contribution in [1.82, 2.24) is 0 Å². The van der Waals surface area contributed by atoms with Gasteiger partial charge in [0.05, 0.1) is 7.11 Å². The van der Waals surface area contributed by atoms with Gasteiger partial charge in [-0.25, -0.2) is 4.39 Å². The Bertz CT molecular complexity index is 606. The first-order chi connectivity index (χ1) is 9.74. The second kappa shape index (κ2) is 6.75. The summed E-state index contributed by atoms with van der Waals surface area (Å²) >= 11 is 0. The molecule has 0 saturated carbocycles. The molecule has 104 valence electrons. The third-order valence-electron chi connectivity index (χ3n) is 2.89. The summed E-state index contributed by atoms with van der Waals surface area (Å²) in [6, 6.07) is 12.2. The fourth-order valence-electron chi connectivity index (χ4n) is 1.87. The second-order valence-electron chi connectivity index (χ2n) is 4.29. The maximum Gasteiger partial charge on any atom is 0.161 e. The molecule has 3 heteroatoms. The third kappa shape index (κ3) is 3.38. The molecule has 2 nitrogen and oxygen atoms in total. The van der Waals surface area contributed by atoms with E-state index in [0.717, 1.165) is 5.56 Å². The van der Waals surface area contributed by atoms with Crippen molar-refractivity contribution in [1.29, 1.82) is 0 Å². The molecule has 0 N–H and O–H groups in total. The van der Waals surface area contributed by atoms with E-state index in [1.54, 1.807) is 25.3 Å². The molecule has 0 unspecified atom stereocenters. The van der Waals surface area contributed by atoms with E-state index in [9.17, 15) is 4.39 Å². The molecule has 0 bridgehead atoms. The lowest BCUT2D eigenvalue weighted by atomic mass is 10.2. The molecule has 2 aromatic rings. The summed E-state index contributed by atoms with van der Waals surface area (Å²) in [4.78, 5) is 0. The Morgan fingerprint density at radius 1 is 1.10 bits per heavy atom. The summed E-state index contributed by atoms with van der Waals surface area (Å²) in [5.74, 6) is 0.970. The second-order valence-corrected chi connectivity index (χ2v) is 4.29. The van der Waals surface area contributed by atoms with Crippen LogP contribution in [-0.2, 0) is 6.61 Å². The molecule has 2 aromatic carbocycles. The van der Waals surface area contributed by atoms with E-state index in [2.05, 4.69) is 0 Å². The van der Waals surface area contributed by atoms with Crippen molar-refractivity contribution in [2.24, 2.45) is 0 Å². The molecule has 0 amide bonds. The summed E-state index contributed by atoms with van der Waals surface area (Å²) in [6.45, 7) is 2.13. The predicted octanol–water partition coefficient (Wildman–Crippen LogP) is 4.45. The lowest BCUT2D eigenvalue weighted by Gasteiger charge is -2.11. The number of ether oxygens (including phenoxy) is 2. The Labute approximate surface area is 118 Å². The summed E-state index contributed by atoms with van der Waals surface area (Å²) < 4.78 is 24.5. The first-order valence-corrected chi connectivity index (χ1v) is 6.41. The molecule has 0 atom stereocenters. The van der Waals surface area contributed by atoms with Crippen LogP contribution in [0.4, 0.5) is 4.39 Å². The normalized spacial score (nSPS) is 10.8. The van der Waals surface area contributed by atoms with Gasteiger partial charge >= 0.3 is 0 Å². The van der Waals surface area contributed by atoms with Gasteiger partial charge in [0.15, 0.2) is 11.5 Å². The van der Waals surface area contributed by atoms with Crippen LogP contribution in [0.2, 0.25) is 0 Å². The molecule has 0 radical (unpaired) electrons. The maximum atomic E-state index is 13.5. The van der Waals surface area contributed by atoms with Crippen molar-refractivity contribution >= 4 is 6.08 Å². The first-order valence-electron chi connectivity index (χ1n) is 6.41. The Morgan fingerprint density at radius 2 is 1.90 bits per heavy atom. The van der Waals surface area contributed by atoms with Crippen molar-refractivity contribution in [2.45, 2.75) is 13.5 Å². The topological polar surface area (TPSA) is 18.5 Å². The highest BCUT2D eigenvalue weighted by molar-refractivity contribution is 5.55. The Balaban J connectivity index is 2.15. The predicted molar refractivity (Wildman–Crippen MR) is 78.4 cm³/mol. The molecule has 0 spiro atoms. The lowest BCUT2D eigenvalue weighted by molar-refractivity contribution is 0.279. The van der Waals surface area contributed by atoms with Crippen LogP contribution in [0, 0.1) is 5.82 Å². The number of methoxy groups -OCH3 is 1. The minimum atomic E-state index is -0.267. The van der Waals surface area contributed by atoms with Gasteiger partial charge in [0.1, 0.15) is 12.4 Å². The zero-order chi connectivity index (χ0) is 14.4. The molecule has 0 fully saturated rings. The molecule has 2 rings (SSSR count). The van der Waals surface area contributed by atoms with Crippen LogP contribution >= 0.6 is 0 Å². The summed E-state index contributed by atoms with van der Waals surface area (Å²) in [5.41, 5.74) is 1.55. The Morgan fingerprint density at radius 3 is 2.60 bits per heavy atom. The Hall–Kier alpha value is -2.29. The average molecular weight is 272 g/mol. The molecule has 20 heavy (non-hydrogen) atoms. The van der Waals surface area contributed by atoms with Crippen LogP contribution in [0.5, 0.6) is 11.5 Å². The molecule has 0 heterocycles. The van der Waals surface area contributed by atoms with Gasteiger partial charge in [-0.15, -0.1) is 0 Å². The average Bonchev–Trinajstić information content (AvgIpc) is 2.47. The first kappa shape index (κ1) is 14.1. The molecule has 0 saturated heterocycles. The number of halogens is 1. The highest BCUT2D eigenvalue weighted by Crippen LogP contribution is 2.29. The number of hydrogen-bond acceptors (Lipinski definition) is 2. The zero-order valence-electron chi connectivity index (χ0n) is 11.6. The van der Waals surface area contributed by atoms with Gasteiger partial charge < -0.3 is 9.47 Å². The quantitative estimate of drug-likeness (QED) is 0.800. The van der Waals surface area contributed by atoms with Crippen LogP contribution < -0.4 is 9.47 Å². The van der Waals surface area contributed by atoms with Crippen molar-refractivity contribution in [2.75, 3.05) is 7.11 Å². The van der Waals surface area contributed by atoms with E-state index in [0.29, 0.717) is 17.1 Å².